The van der Waals surface area contributed by atoms with Gasteiger partial charge in [0.15, 0.2) is 0 Å². The third-order valence-corrected chi connectivity index (χ3v) is 4.69. The van der Waals surface area contributed by atoms with Gasteiger partial charge in [0, 0.05) is 17.7 Å². The van der Waals surface area contributed by atoms with Crippen molar-refractivity contribution in [2.45, 2.75) is 71.9 Å². The molecule has 1 aliphatic rings. The van der Waals surface area contributed by atoms with Gasteiger partial charge in [-0.05, 0) is 45.6 Å². The molecule has 0 spiro atoms. The van der Waals surface area contributed by atoms with Crippen LogP contribution in [0.1, 0.15) is 56.5 Å². The first-order valence-electron chi connectivity index (χ1n) is 8.49. The predicted octanol–water partition coefficient (Wildman–Crippen LogP) is 1.77. The Morgan fingerprint density at radius 1 is 1.22 bits per heavy atom. The van der Waals surface area contributed by atoms with Gasteiger partial charge >= 0.3 is 0 Å². The molecule has 0 radical (unpaired) electrons. The number of H-pyrrole nitrogens is 1. The lowest BCUT2D eigenvalue weighted by atomic mass is 9.98. The van der Waals surface area contributed by atoms with Crippen molar-refractivity contribution in [1.29, 1.82) is 0 Å². The Bertz CT molecular complexity index is 541. The molecule has 1 aromatic heterocycles. The molecule has 2 amide bonds. The van der Waals surface area contributed by atoms with Crippen LogP contribution in [0.25, 0.3) is 0 Å². The summed E-state index contributed by atoms with van der Waals surface area (Å²) < 4.78 is 0. The van der Waals surface area contributed by atoms with Gasteiger partial charge < -0.3 is 10.6 Å². The van der Waals surface area contributed by atoms with Gasteiger partial charge in [-0.2, -0.15) is 5.10 Å². The van der Waals surface area contributed by atoms with Crippen LogP contribution in [0.5, 0.6) is 0 Å². The van der Waals surface area contributed by atoms with Crippen LogP contribution in [0.2, 0.25) is 0 Å². The number of carbonyl (C=O) groups excluding carboxylic acids is 2. The lowest BCUT2D eigenvalue weighted by molar-refractivity contribution is -0.130. The molecule has 6 nitrogen and oxygen atoms in total. The largest absolute Gasteiger partial charge is 0.352 e. The zero-order valence-electron chi connectivity index (χ0n) is 14.5. The molecule has 0 aliphatic heterocycles. The molecule has 0 saturated heterocycles. The van der Waals surface area contributed by atoms with Crippen molar-refractivity contribution in [1.82, 2.24) is 20.8 Å². The van der Waals surface area contributed by atoms with Crippen LogP contribution in [0, 0.1) is 19.8 Å². The van der Waals surface area contributed by atoms with E-state index in [2.05, 4.69) is 20.8 Å². The molecule has 2 unspecified atom stereocenters. The van der Waals surface area contributed by atoms with Crippen LogP contribution >= 0.6 is 0 Å². The Morgan fingerprint density at radius 3 is 2.43 bits per heavy atom. The SMILES string of the molecule is Cc1n[nH]c(C)c1CC(C)C(=O)NC(C)C(=O)NC1CCCC1. The standard InChI is InChI=1S/C17H28N4O2/c1-10(9-15-11(2)20-21-12(15)3)16(22)18-13(4)17(23)19-14-7-5-6-8-14/h10,13-14H,5-9H2,1-4H3,(H,18,22)(H,19,23)(H,20,21). The van der Waals surface area contributed by atoms with Crippen molar-refractivity contribution in [3.8, 4) is 0 Å². The summed E-state index contributed by atoms with van der Waals surface area (Å²) in [5.41, 5.74) is 3.00. The topological polar surface area (TPSA) is 86.9 Å². The van der Waals surface area contributed by atoms with E-state index < -0.39 is 6.04 Å². The van der Waals surface area contributed by atoms with Gasteiger partial charge in [0.25, 0.3) is 0 Å². The molecule has 0 bridgehead atoms. The highest BCUT2D eigenvalue weighted by atomic mass is 16.2. The Labute approximate surface area is 137 Å². The minimum absolute atomic E-state index is 0.0897. The second-order valence-corrected chi connectivity index (χ2v) is 6.74. The number of nitrogens with zero attached hydrogens (tertiary/aromatic N) is 1. The molecule has 2 rings (SSSR count). The molecular formula is C17H28N4O2. The molecule has 23 heavy (non-hydrogen) atoms. The molecule has 128 valence electrons. The fourth-order valence-electron chi connectivity index (χ4n) is 3.09. The van der Waals surface area contributed by atoms with E-state index in [1.54, 1.807) is 6.92 Å². The first-order chi connectivity index (χ1) is 10.9. The Morgan fingerprint density at radius 2 is 1.87 bits per heavy atom. The lowest BCUT2D eigenvalue weighted by Gasteiger charge is -2.20. The third-order valence-electron chi connectivity index (χ3n) is 4.69. The Hall–Kier alpha value is -1.85. The summed E-state index contributed by atoms with van der Waals surface area (Å²) in [6.07, 6.45) is 5.05. The molecule has 1 saturated carbocycles. The summed E-state index contributed by atoms with van der Waals surface area (Å²) in [5.74, 6) is -0.390. The van der Waals surface area contributed by atoms with Crippen molar-refractivity contribution < 1.29 is 9.59 Å². The molecule has 6 heteroatoms. The van der Waals surface area contributed by atoms with E-state index in [9.17, 15) is 9.59 Å². The van der Waals surface area contributed by atoms with Crippen LogP contribution in [-0.2, 0) is 16.0 Å². The molecule has 1 heterocycles. The summed E-state index contributed by atoms with van der Waals surface area (Å²) >= 11 is 0. The van der Waals surface area contributed by atoms with E-state index in [0.29, 0.717) is 6.42 Å². The van der Waals surface area contributed by atoms with Gasteiger partial charge in [-0.15, -0.1) is 0 Å². The number of carbonyl (C=O) groups is 2. The van der Waals surface area contributed by atoms with E-state index in [-0.39, 0.29) is 23.8 Å². The summed E-state index contributed by atoms with van der Waals surface area (Å²) in [6.45, 7) is 7.50. The van der Waals surface area contributed by atoms with Crippen LogP contribution in [-0.4, -0.2) is 34.1 Å². The van der Waals surface area contributed by atoms with Crippen molar-refractivity contribution in [2.24, 2.45) is 5.92 Å². The first kappa shape index (κ1) is 17.5. The number of rotatable bonds is 6. The quantitative estimate of drug-likeness (QED) is 0.746. The van der Waals surface area contributed by atoms with E-state index >= 15 is 0 Å². The highest BCUT2D eigenvalue weighted by molar-refractivity contribution is 5.88. The number of aromatic nitrogens is 2. The van der Waals surface area contributed by atoms with E-state index in [0.717, 1.165) is 29.8 Å². The molecule has 1 aliphatic carbocycles. The fraction of sp³-hybridized carbons (Fsp3) is 0.706. The molecule has 0 aromatic carbocycles. The predicted molar refractivity (Wildman–Crippen MR) is 88.9 cm³/mol. The summed E-state index contributed by atoms with van der Waals surface area (Å²) in [7, 11) is 0. The second kappa shape index (κ2) is 7.62. The van der Waals surface area contributed by atoms with Gasteiger partial charge in [-0.25, -0.2) is 0 Å². The van der Waals surface area contributed by atoms with Gasteiger partial charge in [0.05, 0.1) is 5.69 Å². The van der Waals surface area contributed by atoms with Crippen molar-refractivity contribution in [3.05, 3.63) is 17.0 Å². The summed E-state index contributed by atoms with van der Waals surface area (Å²) in [4.78, 5) is 24.5. The van der Waals surface area contributed by atoms with E-state index in [4.69, 9.17) is 0 Å². The van der Waals surface area contributed by atoms with Crippen LogP contribution in [0.3, 0.4) is 0 Å². The number of hydrogen-bond acceptors (Lipinski definition) is 3. The zero-order chi connectivity index (χ0) is 17.0. The molecular weight excluding hydrogens is 292 g/mol. The van der Waals surface area contributed by atoms with Crippen LogP contribution < -0.4 is 10.6 Å². The Kier molecular flexibility index (Phi) is 5.80. The highest BCUT2D eigenvalue weighted by Gasteiger charge is 2.24. The minimum Gasteiger partial charge on any atom is -0.352 e. The first-order valence-corrected chi connectivity index (χ1v) is 8.49. The van der Waals surface area contributed by atoms with Gasteiger partial charge in [0.1, 0.15) is 6.04 Å². The summed E-state index contributed by atoms with van der Waals surface area (Å²) in [6, 6.07) is -0.229. The second-order valence-electron chi connectivity index (χ2n) is 6.74. The maximum Gasteiger partial charge on any atom is 0.242 e. The number of hydrogen-bond donors (Lipinski definition) is 3. The average molecular weight is 320 g/mol. The van der Waals surface area contributed by atoms with Gasteiger partial charge in [-0.3, -0.25) is 14.7 Å². The third kappa shape index (κ3) is 4.56. The van der Waals surface area contributed by atoms with Gasteiger partial charge in [0.2, 0.25) is 11.8 Å². The smallest absolute Gasteiger partial charge is 0.242 e. The zero-order valence-corrected chi connectivity index (χ0v) is 14.5. The number of nitrogens with one attached hydrogen (secondary N) is 3. The molecule has 2 atom stereocenters. The minimum atomic E-state index is -0.503. The normalized spacial score (nSPS) is 17.7. The van der Waals surface area contributed by atoms with E-state index in [1.807, 2.05) is 20.8 Å². The maximum atomic E-state index is 12.3. The maximum absolute atomic E-state index is 12.3. The monoisotopic (exact) mass is 320 g/mol. The number of aromatic amines is 1. The van der Waals surface area contributed by atoms with E-state index in [1.165, 1.54) is 12.8 Å². The molecule has 1 fully saturated rings. The fourth-order valence-corrected chi connectivity index (χ4v) is 3.09. The average Bonchev–Trinajstić information content (AvgIpc) is 3.12. The highest BCUT2D eigenvalue weighted by Crippen LogP contribution is 2.18. The lowest BCUT2D eigenvalue weighted by Crippen LogP contribution is -2.48. The van der Waals surface area contributed by atoms with Crippen LogP contribution in [0.4, 0.5) is 0 Å². The summed E-state index contributed by atoms with van der Waals surface area (Å²) in [5, 5.41) is 12.9. The van der Waals surface area contributed by atoms with Crippen molar-refractivity contribution in [2.75, 3.05) is 0 Å². The van der Waals surface area contributed by atoms with Crippen molar-refractivity contribution in [3.63, 3.8) is 0 Å². The molecule has 3 N–H and O–H groups in total. The number of aryl methyl sites for hydroxylation is 2. The molecule has 1 aromatic rings. The van der Waals surface area contributed by atoms with Crippen molar-refractivity contribution >= 4 is 11.8 Å². The van der Waals surface area contributed by atoms with Gasteiger partial charge in [-0.1, -0.05) is 19.8 Å². The Balaban J connectivity index is 1.83. The van der Waals surface area contributed by atoms with Crippen LogP contribution in [0.15, 0.2) is 0 Å². The number of amides is 2.